The van der Waals surface area contributed by atoms with Crippen LogP contribution in [0.5, 0.6) is 0 Å². The van der Waals surface area contributed by atoms with Gasteiger partial charge in [0.1, 0.15) is 10.7 Å². The minimum absolute atomic E-state index is 0.0171. The van der Waals surface area contributed by atoms with Crippen molar-refractivity contribution in [2.24, 2.45) is 0 Å². The first-order valence-electron chi connectivity index (χ1n) is 11.8. The first kappa shape index (κ1) is 24.0. The molecule has 0 saturated carbocycles. The highest BCUT2D eigenvalue weighted by molar-refractivity contribution is 7.09. The first-order chi connectivity index (χ1) is 16.3. The number of rotatable bonds is 6. The van der Waals surface area contributed by atoms with Crippen LogP contribution in [0.4, 0.5) is 10.5 Å². The van der Waals surface area contributed by atoms with Gasteiger partial charge in [0.2, 0.25) is 0 Å². The van der Waals surface area contributed by atoms with Crippen molar-refractivity contribution in [1.82, 2.24) is 14.8 Å². The molecule has 1 aromatic heterocycles. The quantitative estimate of drug-likeness (QED) is 0.481. The topological polar surface area (TPSA) is 65.5 Å². The molecule has 1 aliphatic rings. The summed E-state index contributed by atoms with van der Waals surface area (Å²) >= 11 is 1.42. The van der Waals surface area contributed by atoms with Crippen molar-refractivity contribution in [3.05, 3.63) is 81.3 Å². The number of hydrogen-bond donors (Lipinski definition) is 1. The lowest BCUT2D eigenvalue weighted by Gasteiger charge is -2.28. The van der Waals surface area contributed by atoms with Crippen LogP contribution >= 0.6 is 11.3 Å². The number of hydrogen-bond acceptors (Lipinski definition) is 4. The van der Waals surface area contributed by atoms with Gasteiger partial charge in [0, 0.05) is 30.2 Å². The van der Waals surface area contributed by atoms with Crippen LogP contribution in [0.1, 0.15) is 65.8 Å². The number of aromatic nitrogens is 1. The van der Waals surface area contributed by atoms with E-state index in [-0.39, 0.29) is 18.0 Å². The Morgan fingerprint density at radius 2 is 1.76 bits per heavy atom. The molecule has 3 aromatic rings. The van der Waals surface area contributed by atoms with Crippen LogP contribution in [-0.4, -0.2) is 39.3 Å². The van der Waals surface area contributed by atoms with E-state index in [4.69, 9.17) is 0 Å². The zero-order valence-electron chi connectivity index (χ0n) is 20.2. The Balaban J connectivity index is 1.40. The van der Waals surface area contributed by atoms with Gasteiger partial charge in [-0.2, -0.15) is 0 Å². The number of amides is 3. The van der Waals surface area contributed by atoms with E-state index in [1.807, 2.05) is 55.1 Å². The van der Waals surface area contributed by atoms with Crippen molar-refractivity contribution >= 4 is 29.0 Å². The number of nitrogens with one attached hydrogen (secondary N) is 1. The zero-order chi connectivity index (χ0) is 24.2. The molecule has 0 fully saturated rings. The third-order valence-corrected chi connectivity index (χ3v) is 7.04. The predicted octanol–water partition coefficient (Wildman–Crippen LogP) is 5.91. The van der Waals surface area contributed by atoms with Crippen molar-refractivity contribution < 1.29 is 9.59 Å². The maximum Gasteiger partial charge on any atom is 0.322 e. The third kappa shape index (κ3) is 5.47. The molecule has 0 radical (unpaired) electrons. The molecule has 2 aromatic carbocycles. The molecule has 0 saturated heterocycles. The number of benzene rings is 2. The molecule has 4 rings (SSSR count). The fourth-order valence-corrected chi connectivity index (χ4v) is 4.86. The van der Waals surface area contributed by atoms with Gasteiger partial charge >= 0.3 is 6.03 Å². The Morgan fingerprint density at radius 1 is 1.06 bits per heavy atom. The molecule has 1 N–H and O–H groups in total. The summed E-state index contributed by atoms with van der Waals surface area (Å²) in [5.74, 6) is 0.390. The van der Waals surface area contributed by atoms with Crippen molar-refractivity contribution in [3.8, 4) is 0 Å². The molecule has 34 heavy (non-hydrogen) atoms. The van der Waals surface area contributed by atoms with E-state index < -0.39 is 0 Å². The summed E-state index contributed by atoms with van der Waals surface area (Å²) < 4.78 is 0. The van der Waals surface area contributed by atoms with Crippen LogP contribution in [0.15, 0.2) is 53.9 Å². The number of carbonyl (C=O) groups is 2. The number of nitrogens with zero attached hydrogens (tertiary/aromatic N) is 3. The van der Waals surface area contributed by atoms with E-state index in [9.17, 15) is 9.59 Å². The Labute approximate surface area is 205 Å². The fraction of sp³-hybridized carbons (Fsp3) is 0.370. The molecule has 0 spiro atoms. The van der Waals surface area contributed by atoms with E-state index >= 15 is 0 Å². The summed E-state index contributed by atoms with van der Waals surface area (Å²) in [4.78, 5) is 34.3. The number of carbonyl (C=O) groups excluding carboxylic acids is 2. The van der Waals surface area contributed by atoms with E-state index in [2.05, 4.69) is 36.3 Å². The smallest absolute Gasteiger partial charge is 0.322 e. The minimum Gasteiger partial charge on any atom is -0.333 e. The molecule has 6 nitrogen and oxygen atoms in total. The van der Waals surface area contributed by atoms with Crippen LogP contribution in [0, 0.1) is 0 Å². The highest BCUT2D eigenvalue weighted by Gasteiger charge is 2.25. The van der Waals surface area contributed by atoms with Gasteiger partial charge in [0.15, 0.2) is 0 Å². The Bertz CT molecular complexity index is 1150. The summed E-state index contributed by atoms with van der Waals surface area (Å²) in [6.45, 7) is 9.90. The summed E-state index contributed by atoms with van der Waals surface area (Å²) in [5, 5.41) is 5.54. The number of fused-ring (bicyclic) bond motifs is 1. The molecule has 1 aliphatic heterocycles. The van der Waals surface area contributed by atoms with E-state index in [1.54, 1.807) is 10.3 Å². The lowest BCUT2D eigenvalue weighted by atomic mass is 10.00. The molecule has 0 unspecified atom stereocenters. The molecule has 0 atom stereocenters. The molecule has 178 valence electrons. The minimum atomic E-state index is -0.178. The fourth-order valence-electron chi connectivity index (χ4n) is 4.09. The Hall–Kier alpha value is -3.19. The average Bonchev–Trinajstić information content (AvgIpc) is 3.30. The number of urea groups is 1. The Kier molecular flexibility index (Phi) is 7.32. The van der Waals surface area contributed by atoms with Crippen LogP contribution in [-0.2, 0) is 19.5 Å². The molecular weight excluding hydrogens is 444 g/mol. The van der Waals surface area contributed by atoms with Crippen molar-refractivity contribution in [3.63, 3.8) is 0 Å². The number of thiazole rings is 1. The van der Waals surface area contributed by atoms with Gasteiger partial charge in [-0.1, -0.05) is 50.2 Å². The SMILES string of the molecule is CC(C)c1ccc(NC(=O)N(Cc2nc(C(=O)N3CCc4ccccc4C3)cs2)C(C)C)cc1. The van der Waals surface area contributed by atoms with Gasteiger partial charge in [0.25, 0.3) is 5.91 Å². The summed E-state index contributed by atoms with van der Waals surface area (Å²) in [7, 11) is 0. The highest BCUT2D eigenvalue weighted by Crippen LogP contribution is 2.22. The molecule has 0 aliphatic carbocycles. The summed E-state index contributed by atoms with van der Waals surface area (Å²) in [6.07, 6.45) is 0.859. The monoisotopic (exact) mass is 476 g/mol. The summed E-state index contributed by atoms with van der Waals surface area (Å²) in [5.41, 5.74) is 4.95. The standard InChI is InChI=1S/C27H32N4O2S/c1-18(2)20-9-11-23(12-10-20)28-27(33)31(19(3)4)16-25-29-24(17-34-25)26(32)30-14-13-21-7-5-6-8-22(21)15-30/h5-12,17-19H,13-16H2,1-4H3,(H,28,33). The maximum atomic E-state index is 13.1. The normalized spacial score (nSPS) is 13.2. The molecule has 0 bridgehead atoms. The van der Waals surface area contributed by atoms with Crippen LogP contribution in [0.25, 0.3) is 0 Å². The number of anilines is 1. The largest absolute Gasteiger partial charge is 0.333 e. The lowest BCUT2D eigenvalue weighted by molar-refractivity contribution is 0.0729. The molecular formula is C27H32N4O2S. The summed E-state index contributed by atoms with van der Waals surface area (Å²) in [6, 6.07) is 16.0. The van der Waals surface area contributed by atoms with E-state index in [0.29, 0.717) is 31.2 Å². The highest BCUT2D eigenvalue weighted by atomic mass is 32.1. The van der Waals surface area contributed by atoms with E-state index in [1.165, 1.54) is 28.0 Å². The Morgan fingerprint density at radius 3 is 2.44 bits per heavy atom. The van der Waals surface area contributed by atoms with Crippen molar-refractivity contribution in [2.45, 2.75) is 59.2 Å². The zero-order valence-corrected chi connectivity index (χ0v) is 21.1. The van der Waals surface area contributed by atoms with Crippen molar-refractivity contribution in [2.75, 3.05) is 11.9 Å². The van der Waals surface area contributed by atoms with E-state index in [0.717, 1.165) is 17.1 Å². The second-order valence-corrected chi connectivity index (χ2v) is 10.2. The third-order valence-electron chi connectivity index (χ3n) is 6.21. The van der Waals surface area contributed by atoms with Gasteiger partial charge in [-0.3, -0.25) is 4.79 Å². The average molecular weight is 477 g/mol. The van der Waals surface area contributed by atoms with Crippen LogP contribution in [0.3, 0.4) is 0 Å². The van der Waals surface area contributed by atoms with Gasteiger partial charge in [0.05, 0.1) is 6.54 Å². The van der Waals surface area contributed by atoms with Crippen LogP contribution < -0.4 is 5.32 Å². The molecule has 2 heterocycles. The van der Waals surface area contributed by atoms with Gasteiger partial charge in [-0.05, 0) is 55.0 Å². The van der Waals surface area contributed by atoms with Gasteiger partial charge in [-0.25, -0.2) is 9.78 Å². The molecule has 3 amide bonds. The van der Waals surface area contributed by atoms with Gasteiger partial charge < -0.3 is 15.1 Å². The predicted molar refractivity (Wildman–Crippen MR) is 137 cm³/mol. The second kappa shape index (κ2) is 10.4. The first-order valence-corrected chi connectivity index (χ1v) is 12.7. The molecule has 7 heteroatoms. The second-order valence-electron chi connectivity index (χ2n) is 9.30. The maximum absolute atomic E-state index is 13.1. The lowest BCUT2D eigenvalue weighted by Crippen LogP contribution is -2.39. The van der Waals surface area contributed by atoms with Crippen LogP contribution in [0.2, 0.25) is 0 Å². The van der Waals surface area contributed by atoms with Crippen molar-refractivity contribution in [1.29, 1.82) is 0 Å². The van der Waals surface area contributed by atoms with Gasteiger partial charge in [-0.15, -0.1) is 11.3 Å².